The van der Waals surface area contributed by atoms with Gasteiger partial charge in [0.25, 0.3) is 11.6 Å². The number of carbonyl (C=O) groups is 1. The van der Waals surface area contributed by atoms with Crippen LogP contribution >= 0.6 is 11.3 Å². The summed E-state index contributed by atoms with van der Waals surface area (Å²) < 4.78 is 1.69. The fourth-order valence-electron chi connectivity index (χ4n) is 3.94. The molecule has 0 spiro atoms. The van der Waals surface area contributed by atoms with Crippen LogP contribution in [0, 0.1) is 17.0 Å². The van der Waals surface area contributed by atoms with Crippen molar-refractivity contribution < 1.29 is 9.72 Å². The molecule has 4 aromatic rings. The number of nitro groups is 1. The molecule has 33 heavy (non-hydrogen) atoms. The van der Waals surface area contributed by atoms with Gasteiger partial charge in [-0.3, -0.25) is 14.9 Å². The molecule has 1 saturated heterocycles. The van der Waals surface area contributed by atoms with Gasteiger partial charge < -0.3 is 10.2 Å². The minimum Gasteiger partial charge on any atom is -0.366 e. The monoisotopic (exact) mass is 463 g/mol. The zero-order valence-corrected chi connectivity index (χ0v) is 18.7. The zero-order valence-electron chi connectivity index (χ0n) is 17.9. The Morgan fingerprint density at radius 2 is 1.85 bits per heavy atom. The van der Waals surface area contributed by atoms with E-state index in [-0.39, 0.29) is 11.3 Å². The van der Waals surface area contributed by atoms with E-state index in [9.17, 15) is 14.9 Å². The third-order valence-corrected chi connectivity index (χ3v) is 6.62. The van der Waals surface area contributed by atoms with Gasteiger partial charge in [-0.2, -0.15) is 9.61 Å². The van der Waals surface area contributed by atoms with E-state index in [1.165, 1.54) is 17.4 Å². The van der Waals surface area contributed by atoms with Gasteiger partial charge in [-0.05, 0) is 62.6 Å². The Kier molecular flexibility index (Phi) is 5.47. The van der Waals surface area contributed by atoms with Gasteiger partial charge in [0, 0.05) is 36.0 Å². The second-order valence-corrected chi connectivity index (χ2v) is 8.84. The third kappa shape index (κ3) is 4.14. The summed E-state index contributed by atoms with van der Waals surface area (Å²) in [5.74, 6) is 0.322. The predicted octanol–water partition coefficient (Wildman–Crippen LogP) is 4.31. The predicted molar refractivity (Wildman–Crippen MR) is 126 cm³/mol. The van der Waals surface area contributed by atoms with Crippen LogP contribution in [0.4, 0.5) is 17.1 Å². The van der Waals surface area contributed by atoms with E-state index >= 15 is 0 Å². The Morgan fingerprint density at radius 1 is 1.09 bits per heavy atom. The molecule has 3 heterocycles. The third-order valence-electron chi connectivity index (χ3n) is 5.67. The topological polar surface area (TPSA) is 119 Å². The lowest BCUT2D eigenvalue weighted by atomic mass is 10.1. The molecule has 1 aliphatic heterocycles. The summed E-state index contributed by atoms with van der Waals surface area (Å²) in [5.41, 5.74) is 2.25. The molecule has 1 fully saturated rings. The van der Waals surface area contributed by atoms with Crippen LogP contribution in [0.25, 0.3) is 15.5 Å². The van der Waals surface area contributed by atoms with E-state index in [1.807, 2.05) is 24.0 Å². The Labute approximate surface area is 193 Å². The van der Waals surface area contributed by atoms with Gasteiger partial charge in [-0.1, -0.05) is 11.3 Å². The lowest BCUT2D eigenvalue weighted by Crippen LogP contribution is -2.30. The Hall–Kier alpha value is -3.86. The van der Waals surface area contributed by atoms with Crippen LogP contribution in [-0.2, 0) is 0 Å². The Morgan fingerprint density at radius 3 is 2.55 bits per heavy atom. The molecular formula is C22H21N7O3S. The highest BCUT2D eigenvalue weighted by Gasteiger charge is 2.23. The van der Waals surface area contributed by atoms with Gasteiger partial charge >= 0.3 is 0 Å². The maximum absolute atomic E-state index is 12.8. The molecule has 2 aromatic heterocycles. The molecule has 168 valence electrons. The number of nitrogens with zero attached hydrogens (tertiary/aromatic N) is 6. The van der Waals surface area contributed by atoms with Gasteiger partial charge in [0.1, 0.15) is 10.7 Å². The summed E-state index contributed by atoms with van der Waals surface area (Å²) in [5, 5.41) is 27.8. The SMILES string of the molecule is Cc1nnc2sc(-c3ccc(NC(=O)c4ccc(N5CCCCC5)c([N+](=O)[O-])c4)cc3)nn12. The van der Waals surface area contributed by atoms with Gasteiger partial charge in [0.05, 0.1) is 4.92 Å². The van der Waals surface area contributed by atoms with Crippen LogP contribution in [-0.4, -0.2) is 43.7 Å². The van der Waals surface area contributed by atoms with E-state index < -0.39 is 10.8 Å². The minimum absolute atomic E-state index is 0.0431. The van der Waals surface area contributed by atoms with Crippen molar-refractivity contribution in [2.24, 2.45) is 0 Å². The first kappa shape index (κ1) is 21.0. The van der Waals surface area contributed by atoms with E-state index in [4.69, 9.17) is 0 Å². The number of hydrogen-bond donors (Lipinski definition) is 1. The first-order valence-corrected chi connectivity index (χ1v) is 11.5. The number of aromatic nitrogens is 4. The quantitative estimate of drug-likeness (QED) is 0.346. The number of piperidine rings is 1. The molecule has 0 radical (unpaired) electrons. The summed E-state index contributed by atoms with van der Waals surface area (Å²) in [6.45, 7) is 3.42. The molecule has 11 heteroatoms. The number of benzene rings is 2. The van der Waals surface area contributed by atoms with Crippen LogP contribution in [0.5, 0.6) is 0 Å². The highest BCUT2D eigenvalue weighted by Crippen LogP contribution is 2.32. The largest absolute Gasteiger partial charge is 0.366 e. The van der Waals surface area contributed by atoms with Crippen molar-refractivity contribution in [2.45, 2.75) is 26.2 Å². The second kappa shape index (κ2) is 8.58. The van der Waals surface area contributed by atoms with Gasteiger partial charge in [-0.25, -0.2) is 0 Å². The molecular weight excluding hydrogens is 442 g/mol. The van der Waals surface area contributed by atoms with E-state index in [1.54, 1.807) is 28.8 Å². The van der Waals surface area contributed by atoms with E-state index in [0.717, 1.165) is 53.7 Å². The molecule has 0 saturated carbocycles. The minimum atomic E-state index is -0.419. The summed E-state index contributed by atoms with van der Waals surface area (Å²) in [6, 6.07) is 11.9. The van der Waals surface area contributed by atoms with Crippen molar-refractivity contribution in [1.82, 2.24) is 19.8 Å². The smallest absolute Gasteiger partial charge is 0.293 e. The summed E-state index contributed by atoms with van der Waals surface area (Å²) in [7, 11) is 0. The number of nitrogens with one attached hydrogen (secondary N) is 1. The van der Waals surface area contributed by atoms with Crippen LogP contribution in [0.2, 0.25) is 0 Å². The molecule has 2 aromatic carbocycles. The summed E-state index contributed by atoms with van der Waals surface area (Å²) in [6.07, 6.45) is 3.16. The summed E-state index contributed by atoms with van der Waals surface area (Å²) in [4.78, 5) is 26.8. The van der Waals surface area contributed by atoms with Crippen molar-refractivity contribution in [2.75, 3.05) is 23.3 Å². The van der Waals surface area contributed by atoms with Crippen molar-refractivity contribution in [3.05, 3.63) is 64.0 Å². The second-order valence-electron chi connectivity index (χ2n) is 7.89. The van der Waals surface area contributed by atoms with Crippen molar-refractivity contribution in [1.29, 1.82) is 0 Å². The average Bonchev–Trinajstić information content (AvgIpc) is 3.41. The Bertz CT molecular complexity index is 1340. The number of hydrogen-bond acceptors (Lipinski definition) is 8. The van der Waals surface area contributed by atoms with Crippen molar-refractivity contribution >= 4 is 39.3 Å². The molecule has 5 rings (SSSR count). The number of aryl methyl sites for hydroxylation is 1. The molecule has 1 N–H and O–H groups in total. The maximum atomic E-state index is 12.8. The maximum Gasteiger partial charge on any atom is 0.293 e. The molecule has 10 nitrogen and oxygen atoms in total. The van der Waals surface area contributed by atoms with Gasteiger partial charge in [-0.15, -0.1) is 10.2 Å². The molecule has 1 amide bonds. The molecule has 0 aliphatic carbocycles. The number of anilines is 2. The highest BCUT2D eigenvalue weighted by atomic mass is 32.1. The fourth-order valence-corrected chi connectivity index (χ4v) is 4.83. The number of fused-ring (bicyclic) bond motifs is 1. The van der Waals surface area contributed by atoms with Gasteiger partial charge in [0.15, 0.2) is 5.82 Å². The van der Waals surface area contributed by atoms with Crippen LogP contribution in [0.3, 0.4) is 0 Å². The fraction of sp³-hybridized carbons (Fsp3) is 0.273. The lowest BCUT2D eigenvalue weighted by Gasteiger charge is -2.28. The normalized spacial score (nSPS) is 13.9. The van der Waals surface area contributed by atoms with Crippen LogP contribution in [0.1, 0.15) is 35.4 Å². The van der Waals surface area contributed by atoms with E-state index in [2.05, 4.69) is 20.6 Å². The first-order valence-electron chi connectivity index (χ1n) is 10.6. The van der Waals surface area contributed by atoms with Crippen LogP contribution in [0.15, 0.2) is 42.5 Å². The number of carbonyl (C=O) groups excluding carboxylic acids is 1. The average molecular weight is 464 g/mol. The molecule has 1 aliphatic rings. The number of nitro benzene ring substituents is 1. The lowest BCUT2D eigenvalue weighted by molar-refractivity contribution is -0.384. The molecule has 0 bridgehead atoms. The Balaban J connectivity index is 1.33. The summed E-state index contributed by atoms with van der Waals surface area (Å²) >= 11 is 1.43. The van der Waals surface area contributed by atoms with Crippen LogP contribution < -0.4 is 10.2 Å². The van der Waals surface area contributed by atoms with E-state index in [0.29, 0.717) is 11.4 Å². The van der Waals surface area contributed by atoms with Crippen molar-refractivity contribution in [3.63, 3.8) is 0 Å². The number of rotatable bonds is 5. The van der Waals surface area contributed by atoms with Gasteiger partial charge in [0.2, 0.25) is 4.96 Å². The standard InChI is InChI=1S/C22H21N7O3S/c1-14-24-25-22-28(14)26-21(33-22)15-5-8-17(9-6-15)23-20(30)16-7-10-18(19(13-16)29(31)32)27-11-3-2-4-12-27/h5-10,13H,2-4,11-12H2,1H3,(H,23,30). The molecule has 0 unspecified atom stereocenters. The first-order chi connectivity index (χ1) is 16.0. The zero-order chi connectivity index (χ0) is 22.9. The highest BCUT2D eigenvalue weighted by molar-refractivity contribution is 7.19. The van der Waals surface area contributed by atoms with Crippen molar-refractivity contribution in [3.8, 4) is 10.6 Å². The number of amides is 1. The molecule has 0 atom stereocenters.